The maximum atomic E-state index is 14.4. The number of ether oxygens (including phenoxy) is 7. The number of cyclic esters (lactones) is 1. The van der Waals surface area contributed by atoms with Crippen LogP contribution in [0.1, 0.15) is 87.3 Å². The number of methoxy groups -OCH3 is 1. The van der Waals surface area contributed by atoms with E-state index in [1.54, 1.807) is 65.9 Å². The third kappa shape index (κ3) is 10.6. The van der Waals surface area contributed by atoms with Gasteiger partial charge < -0.3 is 43.4 Å². The van der Waals surface area contributed by atoms with Crippen molar-refractivity contribution in [1.29, 1.82) is 0 Å². The Bertz CT molecular complexity index is 1610. The molecule has 3 fully saturated rings. The molecule has 3 aliphatic rings. The summed E-state index contributed by atoms with van der Waals surface area (Å²) in [5.74, 6) is -5.02. The lowest BCUT2D eigenvalue weighted by atomic mass is 9.73. The van der Waals surface area contributed by atoms with Crippen LogP contribution in [0.15, 0.2) is 36.7 Å². The normalized spacial score (nSPS) is 38.1. The Labute approximate surface area is 336 Å². The fraction of sp³-hybridized carbons (Fsp3) is 0.714. The molecule has 0 spiro atoms. The molecule has 4 rings (SSSR count). The van der Waals surface area contributed by atoms with Crippen LogP contribution in [0.5, 0.6) is 0 Å². The number of alkyl carbamates (subject to hydrolysis) is 1. The molecule has 3 saturated heterocycles. The highest BCUT2D eigenvalue weighted by atomic mass is 16.7. The van der Waals surface area contributed by atoms with Crippen molar-refractivity contribution < 1.29 is 57.1 Å². The van der Waals surface area contributed by atoms with E-state index in [9.17, 15) is 24.0 Å². The van der Waals surface area contributed by atoms with Gasteiger partial charge in [-0.15, -0.1) is 0 Å². The highest BCUT2D eigenvalue weighted by Gasteiger charge is 2.57. The molecule has 318 valence electrons. The van der Waals surface area contributed by atoms with Gasteiger partial charge in [0.1, 0.15) is 18.0 Å². The first-order chi connectivity index (χ1) is 26.8. The highest BCUT2D eigenvalue weighted by molar-refractivity contribution is 5.87. The molecule has 4 heterocycles. The predicted molar refractivity (Wildman–Crippen MR) is 207 cm³/mol. The summed E-state index contributed by atoms with van der Waals surface area (Å²) in [6, 6.07) is 4.15. The highest BCUT2D eigenvalue weighted by Crippen LogP contribution is 2.42. The number of pyridine rings is 1. The van der Waals surface area contributed by atoms with Gasteiger partial charge in [0.15, 0.2) is 23.8 Å². The molecule has 15 heteroatoms. The zero-order valence-corrected chi connectivity index (χ0v) is 35.5. The number of nitrogens with zero attached hydrogens (tertiary/aromatic N) is 2. The van der Waals surface area contributed by atoms with E-state index in [-0.39, 0.29) is 43.0 Å². The number of fused-ring (bicyclic) bond motifs is 1. The molecule has 15 nitrogen and oxygen atoms in total. The Hall–Kier alpha value is -3.92. The number of ketones is 2. The Morgan fingerprint density at radius 3 is 2.35 bits per heavy atom. The van der Waals surface area contributed by atoms with Crippen LogP contribution in [0.25, 0.3) is 0 Å². The maximum Gasteiger partial charge on any atom is 0.408 e. The second kappa shape index (κ2) is 19.2. The summed E-state index contributed by atoms with van der Waals surface area (Å²) < 4.78 is 44.3. The number of carbonyl (C=O) groups excluding carboxylic acids is 5. The summed E-state index contributed by atoms with van der Waals surface area (Å²) in [6.45, 7) is 15.5. The van der Waals surface area contributed by atoms with Crippen LogP contribution in [0, 0.1) is 23.7 Å². The number of nitrogens with one attached hydrogen (secondary N) is 1. The molecule has 1 amide bonds. The average molecular weight is 802 g/mol. The van der Waals surface area contributed by atoms with Gasteiger partial charge in [0.05, 0.1) is 54.2 Å². The van der Waals surface area contributed by atoms with Gasteiger partial charge in [-0.05, 0) is 80.1 Å². The van der Waals surface area contributed by atoms with Crippen LogP contribution in [0.2, 0.25) is 0 Å². The number of hydrogen-bond donors (Lipinski definition) is 1. The Morgan fingerprint density at radius 2 is 1.75 bits per heavy atom. The minimum atomic E-state index is -1.39. The minimum absolute atomic E-state index is 0.125. The molecule has 1 aromatic heterocycles. The van der Waals surface area contributed by atoms with Crippen molar-refractivity contribution in [3.63, 3.8) is 0 Å². The summed E-state index contributed by atoms with van der Waals surface area (Å²) in [4.78, 5) is 73.5. The summed E-state index contributed by atoms with van der Waals surface area (Å²) in [5.41, 5.74) is -2.20. The molecule has 0 aliphatic carbocycles. The van der Waals surface area contributed by atoms with Gasteiger partial charge in [-0.3, -0.25) is 24.2 Å². The lowest BCUT2D eigenvalue weighted by Crippen LogP contribution is -2.61. The molecular formula is C42H63N3O12. The third-order valence-electron chi connectivity index (χ3n) is 11.9. The summed E-state index contributed by atoms with van der Waals surface area (Å²) >= 11 is 0. The predicted octanol–water partition coefficient (Wildman–Crippen LogP) is 4.59. The number of rotatable bonds is 11. The number of esters is 2. The van der Waals surface area contributed by atoms with Crippen LogP contribution in [-0.2, 0) is 58.8 Å². The number of carbonyl (C=O) groups is 5. The Morgan fingerprint density at radius 1 is 1.05 bits per heavy atom. The molecule has 0 bridgehead atoms. The number of hydrogen-bond acceptors (Lipinski definition) is 14. The van der Waals surface area contributed by atoms with Crippen molar-refractivity contribution in [3.05, 3.63) is 42.4 Å². The molecule has 57 heavy (non-hydrogen) atoms. The van der Waals surface area contributed by atoms with E-state index >= 15 is 0 Å². The number of likely N-dealkylation sites (N-methyl/N-ethyl adjacent to an activating group) is 1. The topological polar surface area (TPSA) is 178 Å². The molecule has 0 radical (unpaired) electrons. The van der Waals surface area contributed by atoms with Gasteiger partial charge in [-0.25, -0.2) is 4.79 Å². The van der Waals surface area contributed by atoms with E-state index in [0.29, 0.717) is 12.1 Å². The van der Waals surface area contributed by atoms with E-state index in [0.717, 1.165) is 0 Å². The molecule has 1 aromatic rings. The smallest absolute Gasteiger partial charge is 0.408 e. The van der Waals surface area contributed by atoms with Crippen LogP contribution in [0.4, 0.5) is 4.79 Å². The van der Waals surface area contributed by atoms with E-state index in [4.69, 9.17) is 33.2 Å². The van der Waals surface area contributed by atoms with Crippen molar-refractivity contribution >= 4 is 29.6 Å². The fourth-order valence-electron chi connectivity index (χ4n) is 8.74. The fourth-order valence-corrected chi connectivity index (χ4v) is 8.74. The molecule has 1 N–H and O–H groups in total. The largest absolute Gasteiger partial charge is 0.491 e. The molecule has 14 atom stereocenters. The Balaban J connectivity index is 1.88. The lowest BCUT2D eigenvalue weighted by molar-refractivity contribution is -0.302. The quantitative estimate of drug-likeness (QED) is 0.142. The van der Waals surface area contributed by atoms with E-state index in [1.165, 1.54) is 26.4 Å². The summed E-state index contributed by atoms with van der Waals surface area (Å²) in [7, 11) is 5.34. The monoisotopic (exact) mass is 801 g/mol. The molecule has 0 unspecified atom stereocenters. The van der Waals surface area contributed by atoms with Gasteiger partial charge in [0, 0.05) is 37.1 Å². The average Bonchev–Trinajstić information content (AvgIpc) is 3.47. The first-order valence-corrected chi connectivity index (χ1v) is 19.9. The van der Waals surface area contributed by atoms with E-state index < -0.39 is 89.7 Å². The molecular weight excluding hydrogens is 738 g/mol. The van der Waals surface area contributed by atoms with Gasteiger partial charge in [-0.1, -0.05) is 33.8 Å². The van der Waals surface area contributed by atoms with Crippen LogP contribution >= 0.6 is 0 Å². The Kier molecular flexibility index (Phi) is 15.4. The minimum Gasteiger partial charge on any atom is -0.491 e. The van der Waals surface area contributed by atoms with Gasteiger partial charge >= 0.3 is 18.0 Å². The standard InChI is InChI=1S/C42H63N3O12/c1-13-31-42(9)36(44-40(50)57-42)26(5)33(48)23(2)22-41(8,51-12)37(56-39-35(52-19-17-24(3)46)30(45(10)11)20-25(4)53-39)27(6)34(28(7)38(49)54-31)55-32(47)21-29-16-14-15-18-43-29/h14-19,23,25-28,30-31,34-37,39H,13,20-22H2,1-12H3,(H,44,50)/t23-,25-,26+,27+,28-,30+,31-,34+,35-,36-,37-,39+,41+,42-/m1/s1. The zero-order chi connectivity index (χ0) is 42.4. The van der Waals surface area contributed by atoms with E-state index in [2.05, 4.69) is 10.3 Å². The van der Waals surface area contributed by atoms with Crippen LogP contribution in [0.3, 0.4) is 0 Å². The van der Waals surface area contributed by atoms with Crippen molar-refractivity contribution in [2.45, 2.75) is 148 Å². The van der Waals surface area contributed by atoms with E-state index in [1.807, 2.05) is 32.8 Å². The first kappa shape index (κ1) is 45.8. The lowest BCUT2D eigenvalue weighted by Gasteiger charge is -2.49. The number of aromatic nitrogens is 1. The maximum absolute atomic E-state index is 14.4. The zero-order valence-electron chi connectivity index (χ0n) is 35.5. The summed E-state index contributed by atoms with van der Waals surface area (Å²) in [5, 5.41) is 2.81. The van der Waals surface area contributed by atoms with Crippen LogP contribution < -0.4 is 5.32 Å². The van der Waals surface area contributed by atoms with Crippen molar-refractivity contribution in [1.82, 2.24) is 15.2 Å². The van der Waals surface area contributed by atoms with Gasteiger partial charge in [0.2, 0.25) is 0 Å². The van der Waals surface area contributed by atoms with Gasteiger partial charge in [-0.2, -0.15) is 0 Å². The first-order valence-electron chi connectivity index (χ1n) is 19.9. The molecule has 0 aromatic carbocycles. The SMILES string of the molecule is CC[C@H]1OC(=O)[C@H](C)[C@@H](OC(=O)Cc2ccccn2)[C@H](C)[C@@H](O[C@@H]2O[C@H](C)C[C@H](N(C)C)[C@H]2OC=CC(C)=O)[C@@](C)(OC)C[C@@H](C)C(=O)[C@H](C)[C@H]2NC(=O)O[C@@]21C. The van der Waals surface area contributed by atoms with Crippen molar-refractivity contribution in [2.75, 3.05) is 21.2 Å². The summed E-state index contributed by atoms with van der Waals surface area (Å²) in [6.07, 6.45) is -0.920. The van der Waals surface area contributed by atoms with Crippen molar-refractivity contribution in [2.24, 2.45) is 23.7 Å². The van der Waals surface area contributed by atoms with Crippen LogP contribution in [-0.4, -0.2) is 121 Å². The number of amides is 1. The number of Topliss-reactive ketones (excluding diaryl/α,β-unsaturated/α-hetero) is 1. The van der Waals surface area contributed by atoms with Gasteiger partial charge in [0.25, 0.3) is 0 Å². The number of allylic oxidation sites excluding steroid dienone is 1. The van der Waals surface area contributed by atoms with Crippen molar-refractivity contribution in [3.8, 4) is 0 Å². The molecule has 3 aliphatic heterocycles. The third-order valence-corrected chi connectivity index (χ3v) is 11.9. The molecule has 0 saturated carbocycles. The second-order valence-corrected chi connectivity index (χ2v) is 16.6. The second-order valence-electron chi connectivity index (χ2n) is 16.6.